The van der Waals surface area contributed by atoms with Crippen LogP contribution in [0.25, 0.3) is 0 Å². The van der Waals surface area contributed by atoms with Gasteiger partial charge in [0.2, 0.25) is 5.13 Å². The van der Waals surface area contributed by atoms with Crippen LogP contribution < -0.4 is 4.72 Å². The number of pyridine rings is 1. The second-order valence-corrected chi connectivity index (χ2v) is 7.57. The van der Waals surface area contributed by atoms with Crippen LogP contribution >= 0.6 is 22.9 Å². The topological polar surface area (TPSA) is 84.8 Å². The average Bonchev–Trinajstić information content (AvgIpc) is 2.75. The third kappa shape index (κ3) is 3.65. The van der Waals surface area contributed by atoms with Gasteiger partial charge >= 0.3 is 0 Å². The minimum atomic E-state index is -3.80. The van der Waals surface area contributed by atoms with Crippen LogP contribution in [-0.2, 0) is 16.4 Å². The predicted octanol–water partition coefficient (Wildman–Crippen LogP) is 2.59. The molecule has 0 aliphatic heterocycles. The number of anilines is 1. The summed E-state index contributed by atoms with van der Waals surface area (Å²) in [5.74, 6) is 0.431. The maximum absolute atomic E-state index is 12.2. The molecule has 0 fully saturated rings. The Hall–Kier alpha value is -1.25. The summed E-state index contributed by atoms with van der Waals surface area (Å²) in [4.78, 5) is 3.66. The molecule has 9 heteroatoms. The molecule has 20 heavy (non-hydrogen) atoms. The molecule has 2 rings (SSSR count). The number of halogens is 1. The largest absolute Gasteiger partial charge is 0.266 e. The SMILES string of the molecule is CC(C)Cc1nnc(NS(=O)(=O)c2cccnc2Cl)s1. The molecule has 0 aliphatic carbocycles. The molecule has 2 aromatic rings. The highest BCUT2D eigenvalue weighted by atomic mass is 35.5. The van der Waals surface area contributed by atoms with Crippen LogP contribution in [0.2, 0.25) is 5.15 Å². The molecule has 0 aliphatic rings. The van der Waals surface area contributed by atoms with Crippen LogP contribution in [-0.4, -0.2) is 23.6 Å². The van der Waals surface area contributed by atoms with Crippen molar-refractivity contribution in [3.05, 3.63) is 28.5 Å². The molecule has 0 spiro atoms. The van der Waals surface area contributed by atoms with Gasteiger partial charge in [-0.3, -0.25) is 4.72 Å². The normalized spacial score (nSPS) is 11.8. The van der Waals surface area contributed by atoms with E-state index in [0.717, 1.165) is 11.4 Å². The molecule has 0 unspecified atom stereocenters. The quantitative estimate of drug-likeness (QED) is 0.851. The van der Waals surface area contributed by atoms with Gasteiger partial charge in [0.15, 0.2) is 0 Å². The molecule has 0 bridgehead atoms. The third-order valence-corrected chi connectivity index (χ3v) is 5.06. The molecular weight excluding hydrogens is 320 g/mol. The van der Waals surface area contributed by atoms with Gasteiger partial charge in [0, 0.05) is 12.6 Å². The van der Waals surface area contributed by atoms with Crippen molar-refractivity contribution >= 4 is 38.1 Å². The number of nitrogens with zero attached hydrogens (tertiary/aromatic N) is 3. The predicted molar refractivity (Wildman–Crippen MR) is 78.5 cm³/mol. The molecule has 0 saturated carbocycles. The fourth-order valence-electron chi connectivity index (χ4n) is 1.47. The zero-order valence-corrected chi connectivity index (χ0v) is 13.3. The summed E-state index contributed by atoms with van der Waals surface area (Å²) in [6.07, 6.45) is 2.18. The smallest absolute Gasteiger partial charge is 0.253 e. The van der Waals surface area contributed by atoms with Crippen molar-refractivity contribution in [2.75, 3.05) is 4.72 Å². The lowest BCUT2D eigenvalue weighted by Crippen LogP contribution is -2.13. The van der Waals surface area contributed by atoms with Crippen LogP contribution in [0, 0.1) is 5.92 Å². The second kappa shape index (κ2) is 6.02. The standard InChI is InChI=1S/C11H13ClN4O2S2/c1-7(2)6-9-14-15-11(19-9)16-20(17,18)8-4-3-5-13-10(8)12/h3-5,7H,6H2,1-2H3,(H,15,16). The van der Waals surface area contributed by atoms with Crippen LogP contribution in [0.4, 0.5) is 5.13 Å². The fraction of sp³-hybridized carbons (Fsp3) is 0.364. The van der Waals surface area contributed by atoms with E-state index < -0.39 is 10.0 Å². The minimum Gasteiger partial charge on any atom is -0.253 e. The van der Waals surface area contributed by atoms with E-state index in [4.69, 9.17) is 11.6 Å². The first kappa shape index (κ1) is 15.1. The molecule has 0 amide bonds. The minimum absolute atomic E-state index is 0.0769. The summed E-state index contributed by atoms with van der Waals surface area (Å²) >= 11 is 7.00. The lowest BCUT2D eigenvalue weighted by molar-refractivity contribution is 0.600. The second-order valence-electron chi connectivity index (χ2n) is 4.50. The molecule has 0 aromatic carbocycles. The van der Waals surface area contributed by atoms with Gasteiger partial charge in [0.05, 0.1) is 0 Å². The van der Waals surface area contributed by atoms with Crippen molar-refractivity contribution in [2.45, 2.75) is 25.2 Å². The molecule has 2 heterocycles. The Morgan fingerprint density at radius 2 is 2.15 bits per heavy atom. The van der Waals surface area contributed by atoms with Gasteiger partial charge < -0.3 is 0 Å². The summed E-state index contributed by atoms with van der Waals surface area (Å²) in [5, 5.41) is 8.71. The number of hydrogen-bond donors (Lipinski definition) is 1. The van der Waals surface area contributed by atoms with Crippen molar-refractivity contribution in [3.8, 4) is 0 Å². The summed E-state index contributed by atoms with van der Waals surface area (Å²) in [6, 6.07) is 2.89. The van der Waals surface area contributed by atoms with E-state index in [-0.39, 0.29) is 15.2 Å². The zero-order valence-electron chi connectivity index (χ0n) is 10.9. The van der Waals surface area contributed by atoms with Gasteiger partial charge in [0.25, 0.3) is 10.0 Å². The highest BCUT2D eigenvalue weighted by Crippen LogP contribution is 2.24. The molecule has 1 N–H and O–H groups in total. The number of aromatic nitrogens is 3. The van der Waals surface area contributed by atoms with Crippen LogP contribution in [0.15, 0.2) is 23.2 Å². The van der Waals surface area contributed by atoms with E-state index in [0.29, 0.717) is 5.92 Å². The molecular formula is C11H13ClN4O2S2. The van der Waals surface area contributed by atoms with Crippen molar-refractivity contribution < 1.29 is 8.42 Å². The molecule has 2 aromatic heterocycles. The molecule has 0 saturated heterocycles. The number of rotatable bonds is 5. The number of hydrogen-bond acceptors (Lipinski definition) is 6. The van der Waals surface area contributed by atoms with Crippen LogP contribution in [0.5, 0.6) is 0 Å². The summed E-state index contributed by atoms with van der Waals surface area (Å²) < 4.78 is 26.7. The van der Waals surface area contributed by atoms with E-state index in [1.807, 2.05) is 0 Å². The average molecular weight is 333 g/mol. The summed E-state index contributed by atoms with van der Waals surface area (Å²) in [6.45, 7) is 4.11. The Morgan fingerprint density at radius 1 is 1.40 bits per heavy atom. The highest BCUT2D eigenvalue weighted by molar-refractivity contribution is 7.93. The van der Waals surface area contributed by atoms with Crippen molar-refractivity contribution in [3.63, 3.8) is 0 Å². The molecule has 6 nitrogen and oxygen atoms in total. The summed E-state index contributed by atoms with van der Waals surface area (Å²) in [7, 11) is -3.80. The Morgan fingerprint density at radius 3 is 2.80 bits per heavy atom. The van der Waals surface area contributed by atoms with Gasteiger partial charge in [-0.1, -0.05) is 36.8 Å². The molecule has 108 valence electrons. The maximum atomic E-state index is 12.2. The van der Waals surface area contributed by atoms with Crippen LogP contribution in [0.3, 0.4) is 0 Å². The van der Waals surface area contributed by atoms with Crippen molar-refractivity contribution in [1.82, 2.24) is 15.2 Å². The van der Waals surface area contributed by atoms with Crippen LogP contribution in [0.1, 0.15) is 18.9 Å². The van der Waals surface area contributed by atoms with Gasteiger partial charge in [-0.15, -0.1) is 10.2 Å². The number of nitrogens with one attached hydrogen (secondary N) is 1. The van der Waals surface area contributed by atoms with E-state index in [1.165, 1.54) is 29.7 Å². The molecule has 0 atom stereocenters. The Balaban J connectivity index is 2.21. The lowest BCUT2D eigenvalue weighted by atomic mass is 10.1. The zero-order chi connectivity index (χ0) is 14.8. The van der Waals surface area contributed by atoms with E-state index in [9.17, 15) is 8.42 Å². The van der Waals surface area contributed by atoms with Gasteiger partial charge in [-0.2, -0.15) is 0 Å². The number of sulfonamides is 1. The first-order valence-electron chi connectivity index (χ1n) is 5.84. The molecule has 0 radical (unpaired) electrons. The first-order chi connectivity index (χ1) is 9.38. The monoisotopic (exact) mass is 332 g/mol. The first-order valence-corrected chi connectivity index (χ1v) is 8.52. The third-order valence-electron chi connectivity index (χ3n) is 2.29. The van der Waals surface area contributed by atoms with Gasteiger partial charge in [-0.05, 0) is 18.1 Å². The van der Waals surface area contributed by atoms with E-state index >= 15 is 0 Å². The van der Waals surface area contributed by atoms with Gasteiger partial charge in [-0.25, -0.2) is 13.4 Å². The summed E-state index contributed by atoms with van der Waals surface area (Å²) in [5.41, 5.74) is 0. The van der Waals surface area contributed by atoms with Crippen molar-refractivity contribution in [2.24, 2.45) is 5.92 Å². The van der Waals surface area contributed by atoms with E-state index in [1.54, 1.807) is 0 Å². The van der Waals surface area contributed by atoms with Gasteiger partial charge in [0.1, 0.15) is 15.1 Å². The Labute approximate surface area is 126 Å². The highest BCUT2D eigenvalue weighted by Gasteiger charge is 2.20. The van der Waals surface area contributed by atoms with Crippen molar-refractivity contribution in [1.29, 1.82) is 0 Å². The lowest BCUT2D eigenvalue weighted by Gasteiger charge is -2.05. The Bertz CT molecular complexity index is 700. The fourth-order valence-corrected chi connectivity index (χ4v) is 4.10. The Kier molecular flexibility index (Phi) is 4.56. The maximum Gasteiger partial charge on any atom is 0.266 e. The van der Waals surface area contributed by atoms with E-state index in [2.05, 4.69) is 33.8 Å².